The fraction of sp³-hybridized carbons (Fsp3) is 0.462. The lowest BCUT2D eigenvalue weighted by Gasteiger charge is -2.24. The highest BCUT2D eigenvalue weighted by atomic mass is 35.5. The number of hydrogen-bond acceptors (Lipinski definition) is 3. The van der Waals surface area contributed by atoms with Gasteiger partial charge in [0.1, 0.15) is 5.75 Å². The number of likely N-dealkylation sites (N-methyl/N-ethyl adjacent to an activating group) is 1. The van der Waals surface area contributed by atoms with Crippen molar-refractivity contribution in [3.05, 3.63) is 28.3 Å². The minimum Gasteiger partial charge on any atom is -0.493 e. The van der Waals surface area contributed by atoms with Gasteiger partial charge in [0.15, 0.2) is 0 Å². The largest absolute Gasteiger partial charge is 0.493 e. The molecule has 1 aromatic rings. The molecule has 0 spiro atoms. The molecule has 1 heterocycles. The van der Waals surface area contributed by atoms with Gasteiger partial charge in [0.2, 0.25) is 0 Å². The quantitative estimate of drug-likeness (QED) is 0.862. The van der Waals surface area contributed by atoms with E-state index in [0.29, 0.717) is 4.99 Å². The summed E-state index contributed by atoms with van der Waals surface area (Å²) in [6.07, 6.45) is 0.928. The van der Waals surface area contributed by atoms with Crippen LogP contribution in [-0.2, 0) is 13.0 Å². The zero-order chi connectivity index (χ0) is 13.3. The number of halogens is 1. The lowest BCUT2D eigenvalue weighted by atomic mass is 10.1. The molecular weight excluding hydrogens is 268 g/mol. The lowest BCUT2D eigenvalue weighted by Crippen LogP contribution is -2.38. The number of fused-ring (bicyclic) bond motifs is 1. The average molecular weight is 285 g/mol. The van der Waals surface area contributed by atoms with Gasteiger partial charge in [0.05, 0.1) is 17.6 Å². The molecule has 1 unspecified atom stereocenters. The minimum absolute atomic E-state index is 0.0519. The Hall–Kier alpha value is -0.840. The van der Waals surface area contributed by atoms with Crippen LogP contribution in [0.5, 0.6) is 5.75 Å². The van der Waals surface area contributed by atoms with Crippen LogP contribution in [0.4, 0.5) is 0 Å². The molecule has 0 amide bonds. The first kappa shape index (κ1) is 13.6. The fourth-order valence-electron chi connectivity index (χ4n) is 2.09. The van der Waals surface area contributed by atoms with Gasteiger partial charge in [-0.1, -0.05) is 23.8 Å². The maximum absolute atomic E-state index is 6.13. The van der Waals surface area contributed by atoms with Crippen molar-refractivity contribution in [2.45, 2.75) is 25.9 Å². The van der Waals surface area contributed by atoms with E-state index in [1.165, 1.54) is 5.56 Å². The molecular formula is C13H17ClN2OS. The first-order valence-electron chi connectivity index (χ1n) is 5.92. The summed E-state index contributed by atoms with van der Waals surface area (Å²) in [5.74, 6) is 0.974. The molecule has 1 aromatic carbocycles. The topological polar surface area (TPSA) is 38.5 Å². The van der Waals surface area contributed by atoms with Crippen LogP contribution >= 0.6 is 23.8 Å². The summed E-state index contributed by atoms with van der Waals surface area (Å²) < 4.78 is 5.68. The number of rotatable bonds is 4. The first-order chi connectivity index (χ1) is 8.49. The average Bonchev–Trinajstić information content (AvgIpc) is 2.75. The Bertz CT molecular complexity index is 478. The molecule has 0 radical (unpaired) electrons. The van der Waals surface area contributed by atoms with E-state index in [4.69, 9.17) is 34.3 Å². The molecule has 0 saturated carbocycles. The number of thiocarbonyl (C=S) groups is 1. The van der Waals surface area contributed by atoms with Gasteiger partial charge in [0, 0.05) is 23.6 Å². The van der Waals surface area contributed by atoms with Gasteiger partial charge in [-0.2, -0.15) is 0 Å². The summed E-state index contributed by atoms with van der Waals surface area (Å²) in [5, 5.41) is 0.755. The monoisotopic (exact) mass is 284 g/mol. The van der Waals surface area contributed by atoms with E-state index in [1.54, 1.807) is 0 Å². The fourth-order valence-corrected chi connectivity index (χ4v) is 2.53. The summed E-state index contributed by atoms with van der Waals surface area (Å²) in [4.78, 5) is 2.59. The SMILES string of the molecule is CC(C(N)=S)N(C)Cc1cc(Cl)cc2c1OCC2. The van der Waals surface area contributed by atoms with E-state index in [-0.39, 0.29) is 6.04 Å². The van der Waals surface area contributed by atoms with Crippen LogP contribution in [0.15, 0.2) is 12.1 Å². The van der Waals surface area contributed by atoms with Gasteiger partial charge in [0.25, 0.3) is 0 Å². The normalized spacial score (nSPS) is 15.3. The zero-order valence-electron chi connectivity index (χ0n) is 10.6. The second-order valence-electron chi connectivity index (χ2n) is 4.65. The molecule has 18 heavy (non-hydrogen) atoms. The summed E-state index contributed by atoms with van der Waals surface area (Å²) in [6, 6.07) is 3.98. The predicted octanol–water partition coefficient (Wildman–Crippen LogP) is 2.38. The van der Waals surface area contributed by atoms with Crippen LogP contribution in [0.2, 0.25) is 5.02 Å². The van der Waals surface area contributed by atoms with Crippen LogP contribution < -0.4 is 10.5 Å². The minimum atomic E-state index is 0.0519. The molecule has 98 valence electrons. The molecule has 3 nitrogen and oxygen atoms in total. The Morgan fingerprint density at radius 3 is 3.00 bits per heavy atom. The van der Waals surface area contributed by atoms with Crippen LogP contribution in [0.3, 0.4) is 0 Å². The van der Waals surface area contributed by atoms with Crippen LogP contribution in [0.1, 0.15) is 18.1 Å². The highest BCUT2D eigenvalue weighted by Gasteiger charge is 2.20. The van der Waals surface area contributed by atoms with Crippen molar-refractivity contribution in [2.24, 2.45) is 5.73 Å². The van der Waals surface area contributed by atoms with Crippen LogP contribution in [-0.4, -0.2) is 29.6 Å². The number of hydrogen-bond donors (Lipinski definition) is 1. The molecule has 1 aliphatic rings. The van der Waals surface area contributed by atoms with E-state index in [2.05, 4.69) is 4.90 Å². The maximum Gasteiger partial charge on any atom is 0.127 e. The number of benzene rings is 1. The summed E-state index contributed by atoms with van der Waals surface area (Å²) in [7, 11) is 1.99. The highest BCUT2D eigenvalue weighted by Crippen LogP contribution is 2.33. The summed E-state index contributed by atoms with van der Waals surface area (Å²) >= 11 is 11.1. The van der Waals surface area contributed by atoms with Crippen molar-refractivity contribution >= 4 is 28.8 Å². The highest BCUT2D eigenvalue weighted by molar-refractivity contribution is 7.80. The Morgan fingerprint density at radius 1 is 1.61 bits per heavy atom. The Kier molecular flexibility index (Phi) is 4.10. The first-order valence-corrected chi connectivity index (χ1v) is 6.71. The number of nitrogens with zero attached hydrogens (tertiary/aromatic N) is 1. The van der Waals surface area contributed by atoms with Gasteiger partial charge in [-0.15, -0.1) is 0 Å². The molecule has 0 aromatic heterocycles. The van der Waals surface area contributed by atoms with Gasteiger partial charge in [-0.3, -0.25) is 4.90 Å². The smallest absolute Gasteiger partial charge is 0.127 e. The summed E-state index contributed by atoms with van der Waals surface area (Å²) in [6.45, 7) is 3.45. The third-order valence-electron chi connectivity index (χ3n) is 3.32. The van der Waals surface area contributed by atoms with Gasteiger partial charge in [-0.25, -0.2) is 0 Å². The Labute approximate surface area is 118 Å². The second-order valence-corrected chi connectivity index (χ2v) is 5.55. The van der Waals surface area contributed by atoms with Crippen molar-refractivity contribution in [1.29, 1.82) is 0 Å². The standard InChI is InChI=1S/C13H17ClN2OS/c1-8(13(15)18)16(2)7-10-6-11(14)5-9-3-4-17-12(9)10/h5-6,8H,3-4,7H2,1-2H3,(H2,15,18). The van der Waals surface area contributed by atoms with E-state index < -0.39 is 0 Å². The molecule has 5 heteroatoms. The van der Waals surface area contributed by atoms with E-state index in [1.807, 2.05) is 26.1 Å². The van der Waals surface area contributed by atoms with Gasteiger partial charge < -0.3 is 10.5 Å². The van der Waals surface area contributed by atoms with E-state index in [0.717, 1.165) is 35.9 Å². The van der Waals surface area contributed by atoms with Crippen LogP contribution in [0.25, 0.3) is 0 Å². The van der Waals surface area contributed by atoms with E-state index >= 15 is 0 Å². The van der Waals surface area contributed by atoms with Crippen molar-refractivity contribution in [1.82, 2.24) is 4.90 Å². The molecule has 0 aliphatic carbocycles. The summed E-state index contributed by atoms with van der Waals surface area (Å²) in [5.41, 5.74) is 7.95. The number of nitrogens with two attached hydrogens (primary N) is 1. The number of ether oxygens (including phenoxy) is 1. The molecule has 1 aliphatic heterocycles. The van der Waals surface area contributed by atoms with Gasteiger partial charge >= 0.3 is 0 Å². The molecule has 0 bridgehead atoms. The second kappa shape index (κ2) is 5.43. The molecule has 2 rings (SSSR count). The van der Waals surface area contributed by atoms with Gasteiger partial charge in [-0.05, 0) is 31.7 Å². The lowest BCUT2D eigenvalue weighted by molar-refractivity contribution is 0.293. The van der Waals surface area contributed by atoms with Crippen molar-refractivity contribution in [3.63, 3.8) is 0 Å². The third-order valence-corrected chi connectivity index (χ3v) is 3.88. The molecule has 0 fully saturated rings. The molecule has 0 saturated heterocycles. The van der Waals surface area contributed by atoms with Crippen molar-refractivity contribution in [2.75, 3.05) is 13.7 Å². The Morgan fingerprint density at radius 2 is 2.33 bits per heavy atom. The maximum atomic E-state index is 6.13. The third kappa shape index (κ3) is 2.76. The van der Waals surface area contributed by atoms with E-state index in [9.17, 15) is 0 Å². The molecule has 2 N–H and O–H groups in total. The van der Waals surface area contributed by atoms with Crippen molar-refractivity contribution in [3.8, 4) is 5.75 Å². The van der Waals surface area contributed by atoms with Crippen molar-refractivity contribution < 1.29 is 4.74 Å². The van der Waals surface area contributed by atoms with Crippen LogP contribution in [0, 0.1) is 0 Å². The molecule has 1 atom stereocenters. The Balaban J connectivity index is 2.22. The zero-order valence-corrected chi connectivity index (χ0v) is 12.1. The predicted molar refractivity (Wildman–Crippen MR) is 78.4 cm³/mol.